The van der Waals surface area contributed by atoms with Crippen LogP contribution in [0.2, 0.25) is 0 Å². The first-order chi connectivity index (χ1) is 7.11. The molecule has 1 fully saturated rings. The van der Waals surface area contributed by atoms with Crippen LogP contribution in [0.1, 0.15) is 32.6 Å². The highest BCUT2D eigenvalue weighted by atomic mass is 16.3. The average molecular weight is 214 g/mol. The molecule has 0 saturated heterocycles. The van der Waals surface area contributed by atoms with E-state index in [0.29, 0.717) is 31.3 Å². The van der Waals surface area contributed by atoms with Gasteiger partial charge >= 0.3 is 0 Å². The zero-order chi connectivity index (χ0) is 11.3. The Bertz CT molecular complexity index is 203. The maximum atomic E-state index is 11.4. The predicted molar refractivity (Wildman–Crippen MR) is 59.2 cm³/mol. The molecule has 0 heterocycles. The molecule has 0 spiro atoms. The maximum absolute atomic E-state index is 11.4. The number of amides is 1. The Labute approximate surface area is 91.2 Å². The lowest BCUT2D eigenvalue weighted by Gasteiger charge is -2.31. The number of nitrogens with two attached hydrogens (primary N) is 1. The van der Waals surface area contributed by atoms with Crippen molar-refractivity contribution in [2.45, 2.75) is 38.7 Å². The lowest BCUT2D eigenvalue weighted by molar-refractivity contribution is -0.121. The van der Waals surface area contributed by atoms with Crippen molar-refractivity contribution in [1.82, 2.24) is 5.32 Å². The fourth-order valence-corrected chi connectivity index (χ4v) is 1.71. The highest BCUT2D eigenvalue weighted by Crippen LogP contribution is 2.26. The normalized spacial score (nSPS) is 26.9. The lowest BCUT2D eigenvalue weighted by atomic mass is 9.82. The van der Waals surface area contributed by atoms with Crippen LogP contribution in [0.4, 0.5) is 0 Å². The van der Waals surface area contributed by atoms with E-state index in [2.05, 4.69) is 12.2 Å². The standard InChI is InChI=1S/C11H22N2O2/c1-8(6-12)2-3-11(15)13-7-9-4-10(14)5-9/h8-10,14H,2-7,12H2,1H3,(H,13,15). The van der Waals surface area contributed by atoms with Crippen LogP contribution >= 0.6 is 0 Å². The summed E-state index contributed by atoms with van der Waals surface area (Å²) < 4.78 is 0. The zero-order valence-electron chi connectivity index (χ0n) is 9.41. The topological polar surface area (TPSA) is 75.4 Å². The van der Waals surface area contributed by atoms with Gasteiger partial charge in [-0.3, -0.25) is 4.79 Å². The third kappa shape index (κ3) is 4.62. The molecule has 0 radical (unpaired) electrons. The summed E-state index contributed by atoms with van der Waals surface area (Å²) in [5.41, 5.74) is 5.47. The van der Waals surface area contributed by atoms with Crippen LogP contribution in [0, 0.1) is 11.8 Å². The average Bonchev–Trinajstić information content (AvgIpc) is 2.19. The van der Waals surface area contributed by atoms with Crippen molar-refractivity contribution >= 4 is 5.91 Å². The second-order valence-corrected chi connectivity index (χ2v) is 4.67. The molecule has 4 N–H and O–H groups in total. The van der Waals surface area contributed by atoms with E-state index in [9.17, 15) is 4.79 Å². The van der Waals surface area contributed by atoms with Gasteiger partial charge in [0.05, 0.1) is 6.10 Å². The molecule has 88 valence electrons. The van der Waals surface area contributed by atoms with E-state index in [1.54, 1.807) is 0 Å². The molecule has 1 aliphatic carbocycles. The van der Waals surface area contributed by atoms with Crippen LogP contribution in [-0.4, -0.2) is 30.2 Å². The van der Waals surface area contributed by atoms with Crippen molar-refractivity contribution < 1.29 is 9.90 Å². The van der Waals surface area contributed by atoms with Gasteiger partial charge < -0.3 is 16.2 Å². The quantitative estimate of drug-likeness (QED) is 0.593. The summed E-state index contributed by atoms with van der Waals surface area (Å²) in [5.74, 6) is 1.01. The minimum atomic E-state index is -0.135. The number of carbonyl (C=O) groups is 1. The smallest absolute Gasteiger partial charge is 0.220 e. The third-order valence-electron chi connectivity index (χ3n) is 3.07. The first-order valence-electron chi connectivity index (χ1n) is 5.76. The van der Waals surface area contributed by atoms with E-state index in [4.69, 9.17) is 10.8 Å². The molecule has 1 atom stereocenters. The minimum absolute atomic E-state index is 0.108. The molecule has 0 bridgehead atoms. The summed E-state index contributed by atoms with van der Waals surface area (Å²) in [6, 6.07) is 0. The van der Waals surface area contributed by atoms with E-state index in [-0.39, 0.29) is 12.0 Å². The van der Waals surface area contributed by atoms with E-state index in [0.717, 1.165) is 19.3 Å². The Kier molecular flexibility index (Phi) is 5.05. The van der Waals surface area contributed by atoms with Crippen LogP contribution in [0.25, 0.3) is 0 Å². The Morgan fingerprint density at radius 1 is 1.60 bits per heavy atom. The number of aliphatic hydroxyl groups is 1. The lowest BCUT2D eigenvalue weighted by Crippen LogP contribution is -2.38. The van der Waals surface area contributed by atoms with E-state index >= 15 is 0 Å². The van der Waals surface area contributed by atoms with E-state index in [1.165, 1.54) is 0 Å². The molecule has 0 aromatic carbocycles. The Morgan fingerprint density at radius 2 is 2.27 bits per heavy atom. The van der Waals surface area contributed by atoms with Gasteiger partial charge in [0.15, 0.2) is 0 Å². The van der Waals surface area contributed by atoms with Gasteiger partial charge in [-0.15, -0.1) is 0 Å². The molecular weight excluding hydrogens is 192 g/mol. The number of rotatable bonds is 6. The first-order valence-corrected chi connectivity index (χ1v) is 5.76. The second kappa shape index (κ2) is 6.08. The highest BCUT2D eigenvalue weighted by molar-refractivity contribution is 5.75. The van der Waals surface area contributed by atoms with Gasteiger partial charge in [-0.25, -0.2) is 0 Å². The molecule has 1 rings (SSSR count). The largest absolute Gasteiger partial charge is 0.393 e. The number of hydrogen-bond acceptors (Lipinski definition) is 3. The molecule has 1 amide bonds. The third-order valence-corrected chi connectivity index (χ3v) is 3.07. The first kappa shape index (κ1) is 12.5. The molecule has 15 heavy (non-hydrogen) atoms. The minimum Gasteiger partial charge on any atom is -0.393 e. The van der Waals surface area contributed by atoms with Crippen LogP contribution in [0.3, 0.4) is 0 Å². The summed E-state index contributed by atoms with van der Waals surface area (Å²) in [7, 11) is 0. The molecule has 1 unspecified atom stereocenters. The summed E-state index contributed by atoms with van der Waals surface area (Å²) in [5, 5.41) is 12.0. The fraction of sp³-hybridized carbons (Fsp3) is 0.909. The van der Waals surface area contributed by atoms with Crippen molar-refractivity contribution in [3.05, 3.63) is 0 Å². The van der Waals surface area contributed by atoms with Crippen LogP contribution in [-0.2, 0) is 4.79 Å². The van der Waals surface area contributed by atoms with Crippen LogP contribution < -0.4 is 11.1 Å². The Morgan fingerprint density at radius 3 is 2.80 bits per heavy atom. The van der Waals surface area contributed by atoms with Gasteiger partial charge in [0, 0.05) is 13.0 Å². The van der Waals surface area contributed by atoms with Crippen molar-refractivity contribution in [3.63, 3.8) is 0 Å². The Hall–Kier alpha value is -0.610. The van der Waals surface area contributed by atoms with Crippen LogP contribution in [0.15, 0.2) is 0 Å². The number of aliphatic hydroxyl groups excluding tert-OH is 1. The summed E-state index contributed by atoms with van der Waals surface area (Å²) >= 11 is 0. The molecule has 0 aliphatic heterocycles. The molecule has 0 aromatic heterocycles. The monoisotopic (exact) mass is 214 g/mol. The highest BCUT2D eigenvalue weighted by Gasteiger charge is 2.26. The van der Waals surface area contributed by atoms with Crippen molar-refractivity contribution in [2.24, 2.45) is 17.6 Å². The van der Waals surface area contributed by atoms with Gasteiger partial charge in [-0.1, -0.05) is 6.92 Å². The van der Waals surface area contributed by atoms with Crippen molar-refractivity contribution in [3.8, 4) is 0 Å². The SMILES string of the molecule is CC(CN)CCC(=O)NCC1CC(O)C1. The second-order valence-electron chi connectivity index (χ2n) is 4.67. The van der Waals surface area contributed by atoms with Gasteiger partial charge in [0.2, 0.25) is 5.91 Å². The van der Waals surface area contributed by atoms with Gasteiger partial charge in [0.1, 0.15) is 0 Å². The van der Waals surface area contributed by atoms with Crippen molar-refractivity contribution in [2.75, 3.05) is 13.1 Å². The number of hydrogen-bond donors (Lipinski definition) is 3. The van der Waals surface area contributed by atoms with Crippen molar-refractivity contribution in [1.29, 1.82) is 0 Å². The summed E-state index contributed by atoms with van der Waals surface area (Å²) in [6.07, 6.45) is 2.95. The number of nitrogens with one attached hydrogen (secondary N) is 1. The number of carbonyl (C=O) groups excluding carboxylic acids is 1. The maximum Gasteiger partial charge on any atom is 0.220 e. The van der Waals surface area contributed by atoms with E-state index in [1.807, 2.05) is 0 Å². The predicted octanol–water partition coefficient (Wildman–Crippen LogP) is 0.249. The van der Waals surface area contributed by atoms with Gasteiger partial charge in [-0.05, 0) is 37.6 Å². The zero-order valence-corrected chi connectivity index (χ0v) is 9.41. The fourth-order valence-electron chi connectivity index (χ4n) is 1.71. The van der Waals surface area contributed by atoms with E-state index < -0.39 is 0 Å². The molecule has 1 aliphatic rings. The molecule has 0 aromatic rings. The molecule has 1 saturated carbocycles. The summed E-state index contributed by atoms with van der Waals surface area (Å²) in [6.45, 7) is 3.41. The molecular formula is C11H22N2O2. The van der Waals surface area contributed by atoms with Crippen LogP contribution in [0.5, 0.6) is 0 Å². The molecule has 4 heteroatoms. The van der Waals surface area contributed by atoms with Gasteiger partial charge in [-0.2, -0.15) is 0 Å². The molecule has 4 nitrogen and oxygen atoms in total. The summed E-state index contributed by atoms with van der Waals surface area (Å²) in [4.78, 5) is 11.4. The Balaban J connectivity index is 1.99. The van der Waals surface area contributed by atoms with Gasteiger partial charge in [0.25, 0.3) is 0 Å².